The number of rotatable bonds is 4. The number of hydrogen-bond donors (Lipinski definition) is 1. The number of amides is 1. The minimum absolute atomic E-state index is 0.239. The van der Waals surface area contributed by atoms with E-state index in [-0.39, 0.29) is 6.04 Å². The fourth-order valence-electron chi connectivity index (χ4n) is 3.09. The summed E-state index contributed by atoms with van der Waals surface area (Å²) in [6.07, 6.45) is 6.65. The highest BCUT2D eigenvalue weighted by atomic mass is 16.1. The first kappa shape index (κ1) is 14.2. The van der Waals surface area contributed by atoms with Gasteiger partial charge in [0.05, 0.1) is 17.8 Å². The predicted octanol–water partition coefficient (Wildman–Crippen LogP) is 1.41. The molecule has 7 heteroatoms. The molecule has 2 aliphatic rings. The van der Waals surface area contributed by atoms with Gasteiger partial charge in [0.2, 0.25) is 0 Å². The van der Waals surface area contributed by atoms with Crippen LogP contribution < -0.4 is 10.6 Å². The third kappa shape index (κ3) is 2.78. The zero-order valence-electron chi connectivity index (χ0n) is 13.1. The van der Waals surface area contributed by atoms with Gasteiger partial charge in [0.15, 0.2) is 0 Å². The van der Waals surface area contributed by atoms with E-state index in [4.69, 9.17) is 10.7 Å². The molecule has 1 atom stereocenters. The maximum absolute atomic E-state index is 11.2. The van der Waals surface area contributed by atoms with Crippen molar-refractivity contribution in [3.8, 4) is 0 Å². The zero-order chi connectivity index (χ0) is 16.0. The van der Waals surface area contributed by atoms with Crippen molar-refractivity contribution in [3.05, 3.63) is 35.5 Å². The Bertz CT molecular complexity index is 751. The summed E-state index contributed by atoms with van der Waals surface area (Å²) >= 11 is 0. The van der Waals surface area contributed by atoms with Gasteiger partial charge in [-0.15, -0.1) is 0 Å². The number of hydrogen-bond acceptors (Lipinski definition) is 5. The summed E-state index contributed by atoms with van der Waals surface area (Å²) in [6, 6.07) is 2.29. The molecule has 120 valence electrons. The summed E-state index contributed by atoms with van der Waals surface area (Å²) in [6.45, 7) is 3.79. The first-order valence-corrected chi connectivity index (χ1v) is 8.04. The predicted molar refractivity (Wildman–Crippen MR) is 85.4 cm³/mol. The molecule has 2 aromatic rings. The van der Waals surface area contributed by atoms with Crippen LogP contribution in [-0.4, -0.2) is 38.7 Å². The average Bonchev–Trinajstić information content (AvgIpc) is 3.06. The highest BCUT2D eigenvalue weighted by Crippen LogP contribution is 2.39. The summed E-state index contributed by atoms with van der Waals surface area (Å²) in [5.74, 6) is 2.10. The molecular weight excluding hydrogens is 292 g/mol. The molecule has 1 aliphatic carbocycles. The minimum atomic E-state index is -0.438. The monoisotopic (exact) mass is 312 g/mol. The fraction of sp³-hybridized carbons (Fsp3) is 0.500. The molecule has 0 spiro atoms. The molecular formula is C16H20N6O. The van der Waals surface area contributed by atoms with E-state index in [0.29, 0.717) is 11.5 Å². The fourth-order valence-corrected chi connectivity index (χ4v) is 3.09. The van der Waals surface area contributed by atoms with E-state index in [1.807, 2.05) is 17.7 Å². The Morgan fingerprint density at radius 1 is 1.30 bits per heavy atom. The van der Waals surface area contributed by atoms with E-state index >= 15 is 0 Å². The number of aromatic nitrogens is 4. The lowest BCUT2D eigenvalue weighted by Gasteiger charge is -2.18. The summed E-state index contributed by atoms with van der Waals surface area (Å²) in [5, 5.41) is 4.28. The number of carbonyl (C=O) groups excluding carboxylic acids is 1. The molecule has 1 aliphatic heterocycles. The second kappa shape index (κ2) is 5.33. The smallest absolute Gasteiger partial charge is 0.251 e. The quantitative estimate of drug-likeness (QED) is 0.922. The van der Waals surface area contributed by atoms with Crippen molar-refractivity contribution >= 4 is 11.7 Å². The number of nitrogens with two attached hydrogens (primary N) is 1. The Morgan fingerprint density at radius 3 is 2.83 bits per heavy atom. The van der Waals surface area contributed by atoms with Crippen LogP contribution in [0.4, 0.5) is 5.82 Å². The lowest BCUT2D eigenvalue weighted by atomic mass is 10.2. The Hall–Kier alpha value is -2.44. The van der Waals surface area contributed by atoms with Crippen molar-refractivity contribution in [1.82, 2.24) is 19.7 Å². The topological polar surface area (TPSA) is 89.9 Å². The van der Waals surface area contributed by atoms with Crippen LogP contribution in [0, 0.1) is 6.92 Å². The molecule has 1 saturated heterocycles. The molecule has 0 aromatic carbocycles. The number of primary amides is 1. The highest BCUT2D eigenvalue weighted by molar-refractivity contribution is 5.92. The first-order chi connectivity index (χ1) is 11.1. The first-order valence-electron chi connectivity index (χ1n) is 8.04. The van der Waals surface area contributed by atoms with Crippen LogP contribution >= 0.6 is 0 Å². The Morgan fingerprint density at radius 2 is 2.13 bits per heavy atom. The summed E-state index contributed by atoms with van der Waals surface area (Å²) in [7, 11) is 0. The minimum Gasteiger partial charge on any atom is -0.366 e. The van der Waals surface area contributed by atoms with Crippen molar-refractivity contribution in [2.24, 2.45) is 5.73 Å². The van der Waals surface area contributed by atoms with Gasteiger partial charge in [0.1, 0.15) is 11.6 Å². The Kier molecular flexibility index (Phi) is 3.28. The third-order valence-corrected chi connectivity index (χ3v) is 4.55. The molecule has 4 rings (SSSR count). The van der Waals surface area contributed by atoms with Gasteiger partial charge in [-0.1, -0.05) is 0 Å². The van der Waals surface area contributed by atoms with Gasteiger partial charge in [0, 0.05) is 37.0 Å². The van der Waals surface area contributed by atoms with E-state index in [1.165, 1.54) is 19.0 Å². The van der Waals surface area contributed by atoms with Gasteiger partial charge in [-0.05, 0) is 26.2 Å². The van der Waals surface area contributed by atoms with E-state index in [2.05, 4.69) is 15.0 Å². The van der Waals surface area contributed by atoms with Crippen molar-refractivity contribution in [1.29, 1.82) is 0 Å². The molecule has 3 heterocycles. The van der Waals surface area contributed by atoms with Gasteiger partial charge in [0.25, 0.3) is 5.91 Å². The molecule has 1 amide bonds. The van der Waals surface area contributed by atoms with Crippen LogP contribution in [0.2, 0.25) is 0 Å². The van der Waals surface area contributed by atoms with Crippen LogP contribution in [0.25, 0.3) is 0 Å². The second-order valence-corrected chi connectivity index (χ2v) is 6.46. The van der Waals surface area contributed by atoms with Gasteiger partial charge in [-0.25, -0.2) is 9.97 Å². The highest BCUT2D eigenvalue weighted by Gasteiger charge is 2.30. The number of carbonyl (C=O) groups is 1. The molecule has 2 aromatic heterocycles. The summed E-state index contributed by atoms with van der Waals surface area (Å²) < 4.78 is 1.84. The number of anilines is 1. The molecule has 2 fully saturated rings. The van der Waals surface area contributed by atoms with Crippen LogP contribution in [-0.2, 0) is 0 Å². The van der Waals surface area contributed by atoms with E-state index in [9.17, 15) is 4.79 Å². The van der Waals surface area contributed by atoms with Crippen molar-refractivity contribution < 1.29 is 4.79 Å². The Balaban J connectivity index is 1.52. The van der Waals surface area contributed by atoms with Crippen molar-refractivity contribution in [3.63, 3.8) is 0 Å². The molecule has 0 radical (unpaired) electrons. The van der Waals surface area contributed by atoms with E-state index < -0.39 is 5.91 Å². The summed E-state index contributed by atoms with van der Waals surface area (Å²) in [5.41, 5.74) is 6.77. The summed E-state index contributed by atoms with van der Waals surface area (Å²) in [4.78, 5) is 22.8. The maximum atomic E-state index is 11.2. The van der Waals surface area contributed by atoms with E-state index in [1.54, 1.807) is 6.20 Å². The van der Waals surface area contributed by atoms with Crippen LogP contribution in [0.5, 0.6) is 0 Å². The molecule has 1 unspecified atom stereocenters. The molecule has 1 saturated carbocycles. The average molecular weight is 312 g/mol. The van der Waals surface area contributed by atoms with Crippen LogP contribution in [0.1, 0.15) is 53.1 Å². The second-order valence-electron chi connectivity index (χ2n) is 6.46. The lowest BCUT2D eigenvalue weighted by molar-refractivity contribution is 0.1000. The lowest BCUT2D eigenvalue weighted by Crippen LogP contribution is -2.23. The molecule has 0 bridgehead atoms. The normalized spacial score (nSPS) is 20.9. The van der Waals surface area contributed by atoms with Crippen molar-refractivity contribution in [2.75, 3.05) is 18.0 Å². The number of nitrogens with zero attached hydrogens (tertiary/aromatic N) is 5. The largest absolute Gasteiger partial charge is 0.366 e. The van der Waals surface area contributed by atoms with Gasteiger partial charge in [-0.3, -0.25) is 9.48 Å². The zero-order valence-corrected chi connectivity index (χ0v) is 13.1. The van der Waals surface area contributed by atoms with E-state index in [0.717, 1.165) is 36.8 Å². The van der Waals surface area contributed by atoms with Crippen LogP contribution in [0.15, 0.2) is 18.5 Å². The third-order valence-electron chi connectivity index (χ3n) is 4.55. The number of aryl methyl sites for hydroxylation is 1. The SMILES string of the molecule is Cc1cc(N2CCC(n3cc(C(N)=O)cn3)C2)nc(C2CC2)n1. The van der Waals surface area contributed by atoms with Gasteiger partial charge >= 0.3 is 0 Å². The Labute approximate surface area is 134 Å². The molecule has 7 nitrogen and oxygen atoms in total. The molecule has 2 N–H and O–H groups in total. The van der Waals surface area contributed by atoms with Gasteiger partial charge in [-0.2, -0.15) is 5.10 Å². The maximum Gasteiger partial charge on any atom is 0.251 e. The molecule has 23 heavy (non-hydrogen) atoms. The standard InChI is InChI=1S/C16H20N6O/c1-10-6-14(20-16(19-10)11-2-3-11)21-5-4-13(9-21)22-8-12(7-18-22)15(17)23/h6-8,11,13H,2-5,9H2,1H3,(H2,17,23). The van der Waals surface area contributed by atoms with Crippen LogP contribution in [0.3, 0.4) is 0 Å². The van der Waals surface area contributed by atoms with Gasteiger partial charge < -0.3 is 10.6 Å². The van der Waals surface area contributed by atoms with Crippen molar-refractivity contribution in [2.45, 2.75) is 38.1 Å².